The van der Waals surface area contributed by atoms with Crippen LogP contribution < -0.4 is 5.32 Å². The first-order valence-corrected chi connectivity index (χ1v) is 6.03. The highest BCUT2D eigenvalue weighted by Crippen LogP contribution is 2.22. The predicted octanol–water partition coefficient (Wildman–Crippen LogP) is 0.864. The maximum absolute atomic E-state index is 13.7. The van der Waals surface area contributed by atoms with Crippen molar-refractivity contribution in [1.82, 2.24) is 10.2 Å². The lowest BCUT2D eigenvalue weighted by molar-refractivity contribution is -0.146. The van der Waals surface area contributed by atoms with E-state index in [4.69, 9.17) is 16.7 Å². The Balaban J connectivity index is 2.23. The number of benzene rings is 1. The number of carboxylic acids is 1. The van der Waals surface area contributed by atoms with E-state index in [1.54, 1.807) is 0 Å². The van der Waals surface area contributed by atoms with Crippen LogP contribution in [0.15, 0.2) is 18.2 Å². The molecule has 1 atom stereocenters. The zero-order valence-corrected chi connectivity index (χ0v) is 10.7. The van der Waals surface area contributed by atoms with Crippen LogP contribution in [0.5, 0.6) is 0 Å². The van der Waals surface area contributed by atoms with Crippen LogP contribution >= 0.6 is 11.6 Å². The molecule has 1 aromatic rings. The lowest BCUT2D eigenvalue weighted by atomic mass is 10.1. The molecule has 0 saturated carbocycles. The minimum Gasteiger partial charge on any atom is -0.480 e. The monoisotopic (exact) mass is 286 g/mol. The fourth-order valence-electron chi connectivity index (χ4n) is 1.99. The number of halogens is 2. The molecule has 19 heavy (non-hydrogen) atoms. The quantitative estimate of drug-likeness (QED) is 0.865. The number of nitrogens with zero attached hydrogens (tertiary/aromatic N) is 1. The minimum absolute atomic E-state index is 0.000236. The van der Waals surface area contributed by atoms with Crippen molar-refractivity contribution >= 4 is 23.5 Å². The number of hydrogen-bond acceptors (Lipinski definition) is 3. The Kier molecular flexibility index (Phi) is 4.01. The molecule has 0 spiro atoms. The lowest BCUT2D eigenvalue weighted by Gasteiger charge is -2.32. The summed E-state index contributed by atoms with van der Waals surface area (Å²) in [6.07, 6.45) is 0. The molecule has 1 heterocycles. The summed E-state index contributed by atoms with van der Waals surface area (Å²) in [4.78, 5) is 23.8. The van der Waals surface area contributed by atoms with E-state index in [1.807, 2.05) is 0 Å². The summed E-state index contributed by atoms with van der Waals surface area (Å²) in [6, 6.07) is 3.37. The summed E-state index contributed by atoms with van der Waals surface area (Å²) in [5.74, 6) is -1.86. The summed E-state index contributed by atoms with van der Waals surface area (Å²) < 4.78 is 13.7. The summed E-state index contributed by atoms with van der Waals surface area (Å²) in [6.45, 7) is -0.113. The number of aliphatic carboxylic acids is 1. The van der Waals surface area contributed by atoms with E-state index in [1.165, 1.54) is 23.1 Å². The Hall–Kier alpha value is -1.66. The first kappa shape index (κ1) is 13.8. The number of carboxylic acid groups (broad SMARTS) is 1. The van der Waals surface area contributed by atoms with Crippen LogP contribution in [0.3, 0.4) is 0 Å². The second kappa shape index (κ2) is 5.54. The van der Waals surface area contributed by atoms with Crippen molar-refractivity contribution in [3.05, 3.63) is 34.6 Å². The van der Waals surface area contributed by atoms with Crippen molar-refractivity contribution < 1.29 is 19.1 Å². The van der Waals surface area contributed by atoms with Gasteiger partial charge in [0, 0.05) is 23.7 Å². The third-order valence-electron chi connectivity index (χ3n) is 2.99. The fourth-order valence-corrected chi connectivity index (χ4v) is 2.21. The molecule has 0 radical (unpaired) electrons. The summed E-state index contributed by atoms with van der Waals surface area (Å²) in [7, 11) is 0. The molecule has 0 aromatic heterocycles. The van der Waals surface area contributed by atoms with Gasteiger partial charge in [0.1, 0.15) is 11.9 Å². The topological polar surface area (TPSA) is 69.6 Å². The van der Waals surface area contributed by atoms with E-state index in [2.05, 4.69) is 5.32 Å². The zero-order valence-electron chi connectivity index (χ0n) is 9.90. The van der Waals surface area contributed by atoms with E-state index < -0.39 is 17.8 Å². The highest BCUT2D eigenvalue weighted by atomic mass is 35.5. The summed E-state index contributed by atoms with van der Waals surface area (Å²) in [5.41, 5.74) is 0.199. The van der Waals surface area contributed by atoms with Gasteiger partial charge in [-0.05, 0) is 12.1 Å². The van der Waals surface area contributed by atoms with Gasteiger partial charge in [-0.15, -0.1) is 0 Å². The van der Waals surface area contributed by atoms with Crippen LogP contribution in [0.1, 0.15) is 5.56 Å². The minimum atomic E-state index is -1.06. The van der Waals surface area contributed by atoms with Gasteiger partial charge in [-0.1, -0.05) is 17.7 Å². The van der Waals surface area contributed by atoms with Crippen LogP contribution in [0, 0.1) is 5.82 Å². The van der Waals surface area contributed by atoms with Gasteiger partial charge < -0.3 is 10.4 Å². The first-order valence-electron chi connectivity index (χ1n) is 5.65. The number of carbonyl (C=O) groups is 2. The van der Waals surface area contributed by atoms with E-state index >= 15 is 0 Å². The normalized spacial score (nSPS) is 20.1. The summed E-state index contributed by atoms with van der Waals surface area (Å²) in [5, 5.41) is 11.8. The Morgan fingerprint density at radius 3 is 2.95 bits per heavy atom. The molecular weight excluding hydrogens is 275 g/mol. The lowest BCUT2D eigenvalue weighted by Crippen LogP contribution is -2.57. The van der Waals surface area contributed by atoms with Crippen LogP contribution in [-0.4, -0.2) is 41.0 Å². The van der Waals surface area contributed by atoms with Crippen LogP contribution in [0.4, 0.5) is 4.39 Å². The van der Waals surface area contributed by atoms with Crippen molar-refractivity contribution in [1.29, 1.82) is 0 Å². The van der Waals surface area contributed by atoms with Crippen molar-refractivity contribution in [2.24, 2.45) is 0 Å². The molecule has 102 valence electrons. The van der Waals surface area contributed by atoms with Gasteiger partial charge >= 0.3 is 5.97 Å². The largest absolute Gasteiger partial charge is 0.480 e. The van der Waals surface area contributed by atoms with E-state index in [0.29, 0.717) is 0 Å². The van der Waals surface area contributed by atoms with Gasteiger partial charge in [0.25, 0.3) is 0 Å². The molecule has 1 saturated heterocycles. The van der Waals surface area contributed by atoms with Gasteiger partial charge in [-0.25, -0.2) is 4.39 Å². The van der Waals surface area contributed by atoms with E-state index in [9.17, 15) is 14.0 Å². The Labute approximate surface area is 114 Å². The van der Waals surface area contributed by atoms with Crippen LogP contribution in [-0.2, 0) is 16.1 Å². The van der Waals surface area contributed by atoms with Gasteiger partial charge in [0.05, 0.1) is 6.54 Å². The van der Waals surface area contributed by atoms with Crippen molar-refractivity contribution in [3.63, 3.8) is 0 Å². The third-order valence-corrected chi connectivity index (χ3v) is 3.34. The standard InChI is InChI=1S/C12H12ClFN2O3/c13-8-2-1-3-9(14)7(8)5-16-6-11(17)15-4-10(16)12(18)19/h1-3,10H,4-6H2,(H,15,17)(H,18,19). The molecule has 1 aliphatic rings. The number of carbonyl (C=O) groups excluding carboxylic acids is 1. The number of piperazine rings is 1. The van der Waals surface area contributed by atoms with Crippen LogP contribution in [0.25, 0.3) is 0 Å². The fraction of sp³-hybridized carbons (Fsp3) is 0.333. The molecule has 1 fully saturated rings. The molecule has 1 aromatic carbocycles. The van der Waals surface area contributed by atoms with E-state index in [-0.39, 0.29) is 36.1 Å². The molecule has 0 bridgehead atoms. The Bertz CT molecular complexity index is 503. The Morgan fingerprint density at radius 2 is 2.32 bits per heavy atom. The first-order chi connectivity index (χ1) is 8.99. The van der Waals surface area contributed by atoms with Crippen molar-refractivity contribution in [3.8, 4) is 0 Å². The Morgan fingerprint density at radius 1 is 1.58 bits per heavy atom. The highest BCUT2D eigenvalue weighted by Gasteiger charge is 2.32. The second-order valence-corrected chi connectivity index (χ2v) is 4.67. The van der Waals surface area contributed by atoms with Gasteiger partial charge in [-0.3, -0.25) is 14.5 Å². The van der Waals surface area contributed by atoms with Gasteiger partial charge in [-0.2, -0.15) is 0 Å². The van der Waals surface area contributed by atoms with Crippen molar-refractivity contribution in [2.75, 3.05) is 13.1 Å². The molecule has 1 amide bonds. The van der Waals surface area contributed by atoms with Gasteiger partial charge in [0.2, 0.25) is 5.91 Å². The molecule has 7 heteroatoms. The highest BCUT2D eigenvalue weighted by molar-refractivity contribution is 6.31. The molecule has 2 N–H and O–H groups in total. The smallest absolute Gasteiger partial charge is 0.322 e. The van der Waals surface area contributed by atoms with Gasteiger partial charge in [0.15, 0.2) is 0 Å². The van der Waals surface area contributed by atoms with Crippen molar-refractivity contribution in [2.45, 2.75) is 12.6 Å². The second-order valence-electron chi connectivity index (χ2n) is 4.26. The predicted molar refractivity (Wildman–Crippen MR) is 66.3 cm³/mol. The molecule has 2 rings (SSSR count). The maximum Gasteiger partial charge on any atom is 0.322 e. The maximum atomic E-state index is 13.7. The number of nitrogens with one attached hydrogen (secondary N) is 1. The molecule has 5 nitrogen and oxygen atoms in total. The number of hydrogen-bond donors (Lipinski definition) is 2. The molecule has 1 aliphatic heterocycles. The average molecular weight is 287 g/mol. The SMILES string of the molecule is O=C1CN(Cc2c(F)cccc2Cl)C(C(=O)O)CN1. The van der Waals surface area contributed by atoms with E-state index in [0.717, 1.165) is 0 Å². The van der Waals surface area contributed by atoms with Crippen LogP contribution in [0.2, 0.25) is 5.02 Å². The average Bonchev–Trinajstić information content (AvgIpc) is 2.33. The summed E-state index contributed by atoms with van der Waals surface area (Å²) >= 11 is 5.90. The zero-order chi connectivity index (χ0) is 14.0. The molecule has 0 aliphatic carbocycles. The molecule has 1 unspecified atom stereocenters. The number of rotatable bonds is 3. The third kappa shape index (κ3) is 3.02. The molecular formula is C12H12ClFN2O3. The number of amides is 1.